The van der Waals surface area contributed by atoms with Crippen LogP contribution >= 0.6 is 0 Å². The number of aldehydes is 1. The van der Waals surface area contributed by atoms with E-state index in [9.17, 15) is 4.79 Å². The summed E-state index contributed by atoms with van der Waals surface area (Å²) in [6.07, 6.45) is 1.01. The van der Waals surface area contributed by atoms with E-state index >= 15 is 0 Å². The van der Waals surface area contributed by atoms with E-state index in [2.05, 4.69) is 77.4 Å². The summed E-state index contributed by atoms with van der Waals surface area (Å²) in [5.74, 6) is 0. The molecule has 23 heavy (non-hydrogen) atoms. The van der Waals surface area contributed by atoms with Crippen molar-refractivity contribution in [2.75, 3.05) is 26.2 Å². The SMILES string of the molecule is C[C@H]1CN(C(c2ccccc2)c2ccccc2)CCN1CC=O. The molecule has 1 heterocycles. The number of carbonyl (C=O) groups is 1. The Morgan fingerprint density at radius 1 is 1.00 bits per heavy atom. The van der Waals surface area contributed by atoms with Crippen LogP contribution in [-0.2, 0) is 4.79 Å². The van der Waals surface area contributed by atoms with Gasteiger partial charge in [-0.25, -0.2) is 0 Å². The topological polar surface area (TPSA) is 23.6 Å². The highest BCUT2D eigenvalue weighted by molar-refractivity contribution is 5.52. The number of carbonyl (C=O) groups excluding carboxylic acids is 1. The van der Waals surface area contributed by atoms with Crippen molar-refractivity contribution in [1.82, 2.24) is 9.80 Å². The molecule has 0 aromatic heterocycles. The Morgan fingerprint density at radius 3 is 2.04 bits per heavy atom. The van der Waals surface area contributed by atoms with Gasteiger partial charge in [-0.2, -0.15) is 0 Å². The molecule has 2 aromatic carbocycles. The number of benzene rings is 2. The number of rotatable bonds is 5. The van der Waals surface area contributed by atoms with Crippen LogP contribution in [0, 0.1) is 0 Å². The zero-order chi connectivity index (χ0) is 16.1. The molecule has 1 aliphatic heterocycles. The molecule has 2 aromatic rings. The van der Waals surface area contributed by atoms with Crippen molar-refractivity contribution in [3.05, 3.63) is 71.8 Å². The first-order valence-electron chi connectivity index (χ1n) is 8.31. The molecular formula is C20H24N2O. The third-order valence-corrected chi connectivity index (χ3v) is 4.70. The van der Waals surface area contributed by atoms with Gasteiger partial charge in [-0.15, -0.1) is 0 Å². The minimum Gasteiger partial charge on any atom is -0.302 e. The Balaban J connectivity index is 1.87. The van der Waals surface area contributed by atoms with E-state index in [-0.39, 0.29) is 6.04 Å². The lowest BCUT2D eigenvalue weighted by Crippen LogP contribution is -2.53. The van der Waals surface area contributed by atoms with Gasteiger partial charge in [-0.05, 0) is 18.1 Å². The molecule has 0 bridgehead atoms. The smallest absolute Gasteiger partial charge is 0.133 e. The molecule has 3 heteroatoms. The summed E-state index contributed by atoms with van der Waals surface area (Å²) in [5.41, 5.74) is 2.66. The van der Waals surface area contributed by atoms with E-state index in [1.54, 1.807) is 0 Å². The van der Waals surface area contributed by atoms with Crippen LogP contribution in [0.15, 0.2) is 60.7 Å². The van der Waals surface area contributed by atoms with Gasteiger partial charge in [0.2, 0.25) is 0 Å². The van der Waals surface area contributed by atoms with Crippen LogP contribution in [0.5, 0.6) is 0 Å². The van der Waals surface area contributed by atoms with Gasteiger partial charge in [-0.3, -0.25) is 9.80 Å². The van der Waals surface area contributed by atoms with Crippen molar-refractivity contribution in [3.63, 3.8) is 0 Å². The molecule has 3 rings (SSSR count). The molecule has 0 amide bonds. The molecule has 1 atom stereocenters. The summed E-state index contributed by atoms with van der Waals surface area (Å²) >= 11 is 0. The van der Waals surface area contributed by atoms with Crippen molar-refractivity contribution in [2.45, 2.75) is 19.0 Å². The number of nitrogens with zero attached hydrogens (tertiary/aromatic N) is 2. The number of hydrogen-bond acceptors (Lipinski definition) is 3. The maximum atomic E-state index is 10.8. The molecule has 3 nitrogen and oxygen atoms in total. The van der Waals surface area contributed by atoms with Gasteiger partial charge in [0, 0.05) is 25.7 Å². The molecule has 0 aliphatic carbocycles. The maximum Gasteiger partial charge on any atom is 0.133 e. The Morgan fingerprint density at radius 2 is 1.57 bits per heavy atom. The van der Waals surface area contributed by atoms with E-state index in [0.29, 0.717) is 12.6 Å². The predicted octanol–water partition coefficient (Wildman–Crippen LogP) is 2.98. The van der Waals surface area contributed by atoms with Crippen LogP contribution in [-0.4, -0.2) is 48.3 Å². The minimum atomic E-state index is 0.276. The maximum absolute atomic E-state index is 10.8. The Labute approximate surface area is 138 Å². The molecule has 0 saturated carbocycles. The van der Waals surface area contributed by atoms with E-state index in [0.717, 1.165) is 25.9 Å². The van der Waals surface area contributed by atoms with Crippen molar-refractivity contribution >= 4 is 6.29 Å². The summed E-state index contributed by atoms with van der Waals surface area (Å²) in [7, 11) is 0. The fourth-order valence-corrected chi connectivity index (χ4v) is 3.51. The lowest BCUT2D eigenvalue weighted by Gasteiger charge is -2.43. The zero-order valence-electron chi connectivity index (χ0n) is 13.6. The summed E-state index contributed by atoms with van der Waals surface area (Å²) in [6.45, 7) is 5.64. The first kappa shape index (κ1) is 15.9. The van der Waals surface area contributed by atoms with Crippen LogP contribution in [0.3, 0.4) is 0 Å². The van der Waals surface area contributed by atoms with Crippen molar-refractivity contribution < 1.29 is 4.79 Å². The molecule has 0 spiro atoms. The second kappa shape index (κ2) is 7.53. The van der Waals surface area contributed by atoms with E-state index in [1.807, 2.05) is 0 Å². The van der Waals surface area contributed by atoms with Crippen LogP contribution in [0.25, 0.3) is 0 Å². The highest BCUT2D eigenvalue weighted by Gasteiger charge is 2.29. The van der Waals surface area contributed by atoms with Crippen LogP contribution in [0.4, 0.5) is 0 Å². The monoisotopic (exact) mass is 308 g/mol. The molecule has 0 N–H and O–H groups in total. The van der Waals surface area contributed by atoms with Gasteiger partial charge in [0.05, 0.1) is 12.6 Å². The Kier molecular flexibility index (Phi) is 5.21. The van der Waals surface area contributed by atoms with Crippen molar-refractivity contribution in [3.8, 4) is 0 Å². The van der Waals surface area contributed by atoms with Gasteiger partial charge in [0.15, 0.2) is 0 Å². The summed E-state index contributed by atoms with van der Waals surface area (Å²) in [4.78, 5) is 15.6. The van der Waals surface area contributed by atoms with Gasteiger partial charge >= 0.3 is 0 Å². The Hall–Kier alpha value is -1.97. The first-order chi connectivity index (χ1) is 11.3. The quantitative estimate of drug-likeness (QED) is 0.793. The highest BCUT2D eigenvalue weighted by atomic mass is 16.1. The molecule has 120 valence electrons. The van der Waals surface area contributed by atoms with Gasteiger partial charge in [0.1, 0.15) is 6.29 Å². The van der Waals surface area contributed by atoms with E-state index in [4.69, 9.17) is 0 Å². The van der Waals surface area contributed by atoms with Gasteiger partial charge in [0.25, 0.3) is 0 Å². The van der Waals surface area contributed by atoms with E-state index < -0.39 is 0 Å². The second-order valence-corrected chi connectivity index (χ2v) is 6.23. The number of piperazine rings is 1. The average Bonchev–Trinajstić information content (AvgIpc) is 2.60. The third kappa shape index (κ3) is 3.69. The zero-order valence-corrected chi connectivity index (χ0v) is 13.6. The van der Waals surface area contributed by atoms with Crippen molar-refractivity contribution in [2.24, 2.45) is 0 Å². The predicted molar refractivity (Wildman–Crippen MR) is 93.4 cm³/mol. The highest BCUT2D eigenvalue weighted by Crippen LogP contribution is 2.30. The average molecular weight is 308 g/mol. The largest absolute Gasteiger partial charge is 0.302 e. The molecule has 1 saturated heterocycles. The summed E-state index contributed by atoms with van der Waals surface area (Å²) in [5, 5.41) is 0. The van der Waals surface area contributed by atoms with Crippen LogP contribution in [0.2, 0.25) is 0 Å². The minimum absolute atomic E-state index is 0.276. The summed E-state index contributed by atoms with van der Waals surface area (Å²) in [6, 6.07) is 22.1. The lowest BCUT2D eigenvalue weighted by atomic mass is 9.95. The molecule has 0 unspecified atom stereocenters. The fourth-order valence-electron chi connectivity index (χ4n) is 3.51. The van der Waals surface area contributed by atoms with Crippen molar-refractivity contribution in [1.29, 1.82) is 0 Å². The van der Waals surface area contributed by atoms with Crippen LogP contribution < -0.4 is 0 Å². The molecule has 0 radical (unpaired) electrons. The van der Waals surface area contributed by atoms with Crippen LogP contribution in [0.1, 0.15) is 24.1 Å². The fraction of sp³-hybridized carbons (Fsp3) is 0.350. The molecule has 1 aliphatic rings. The van der Waals surface area contributed by atoms with Gasteiger partial charge < -0.3 is 4.79 Å². The summed E-state index contributed by atoms with van der Waals surface area (Å²) < 4.78 is 0. The standard InChI is InChI=1S/C20H24N2O/c1-17-16-22(13-12-21(17)14-15-23)20(18-8-4-2-5-9-18)19-10-6-3-7-11-19/h2-11,15,17,20H,12-14,16H2,1H3/t17-/m0/s1. The number of hydrogen-bond donors (Lipinski definition) is 0. The molecular weight excluding hydrogens is 284 g/mol. The normalized spacial score (nSPS) is 19.8. The van der Waals surface area contributed by atoms with E-state index in [1.165, 1.54) is 11.1 Å². The third-order valence-electron chi connectivity index (χ3n) is 4.70. The first-order valence-corrected chi connectivity index (χ1v) is 8.31. The molecule has 1 fully saturated rings. The Bertz CT molecular complexity index is 575. The lowest BCUT2D eigenvalue weighted by molar-refractivity contribution is -0.110. The second-order valence-electron chi connectivity index (χ2n) is 6.23. The van der Waals surface area contributed by atoms with Gasteiger partial charge in [-0.1, -0.05) is 60.7 Å².